The maximum Gasteiger partial charge on any atom is 0.408 e. The molecule has 0 spiro atoms. The molecule has 0 aromatic heterocycles. The average Bonchev–Trinajstić information content (AvgIpc) is 2.69. The smallest absolute Gasteiger partial charge is 0.408 e. The first kappa shape index (κ1) is 25.9. The molecule has 0 aliphatic carbocycles. The van der Waals surface area contributed by atoms with Crippen LogP contribution in [0.1, 0.15) is 39.3 Å². The summed E-state index contributed by atoms with van der Waals surface area (Å²) in [6.45, 7) is 6.59. The molecule has 2 aliphatic rings. The van der Waals surface area contributed by atoms with Gasteiger partial charge in [0, 0.05) is 22.0 Å². The van der Waals surface area contributed by atoms with Crippen LogP contribution >= 0.6 is 11.8 Å². The van der Waals surface area contributed by atoms with Crippen LogP contribution in [0.25, 0.3) is 0 Å². The minimum absolute atomic E-state index is 0.283. The molecule has 4 N–H and O–H groups in total. The molecule has 1 aromatic rings. The van der Waals surface area contributed by atoms with Gasteiger partial charge in [-0.2, -0.15) is 0 Å². The third-order valence-corrected chi connectivity index (χ3v) is 7.40. The predicted molar refractivity (Wildman–Crippen MR) is 126 cm³/mol. The number of benzene rings is 1. The largest absolute Gasteiger partial charge is 0.477 e. The standard InChI is InChI=1S/C22H27N3O7S2/c1-21(2,3)32-20(30)24-15(11-6-8-12(9-7-11)34(5)31)16(26)14-17(27)25-13(19(28)29)10-22(4,23)33-18(14)25/h6-10,14-15,18H,23H2,1-5H3,(H,24,30)(H,28,29)/t14?,15?,18-,22?,34?/m1/s1. The molecule has 0 saturated carbocycles. The SMILES string of the molecule is CS(=O)c1ccc(C(NC(=O)OC(C)(C)C)C(=O)C2C(=O)N3C(C(=O)O)=CC(C)(N)S[C@H]23)cc1. The number of Topliss-reactive ketones (excluding diaryl/α,β-unsaturated/α-hetero) is 1. The molecule has 1 saturated heterocycles. The number of carbonyl (C=O) groups excluding carboxylic acids is 3. The topological polar surface area (TPSA) is 156 Å². The highest BCUT2D eigenvalue weighted by molar-refractivity contribution is 8.01. The molecular formula is C22H27N3O7S2. The number of hydrogen-bond acceptors (Lipinski definition) is 8. The molecular weight excluding hydrogens is 482 g/mol. The van der Waals surface area contributed by atoms with Gasteiger partial charge in [0.2, 0.25) is 5.91 Å². The van der Waals surface area contributed by atoms with Crippen molar-refractivity contribution in [2.75, 3.05) is 6.26 Å². The Labute approximate surface area is 203 Å². The van der Waals surface area contributed by atoms with Crippen molar-refractivity contribution in [2.24, 2.45) is 11.7 Å². The Bertz CT molecular complexity index is 1090. The lowest BCUT2D eigenvalue weighted by molar-refractivity contribution is -0.157. The zero-order valence-electron chi connectivity index (χ0n) is 19.4. The minimum atomic E-state index is -1.33. The molecule has 3 rings (SSSR count). The van der Waals surface area contributed by atoms with E-state index in [0.717, 1.165) is 16.7 Å². The number of carbonyl (C=O) groups is 4. The van der Waals surface area contributed by atoms with E-state index < -0.39 is 62.4 Å². The van der Waals surface area contributed by atoms with E-state index in [-0.39, 0.29) is 5.70 Å². The van der Waals surface area contributed by atoms with Gasteiger partial charge in [0.1, 0.15) is 28.6 Å². The van der Waals surface area contributed by atoms with E-state index >= 15 is 0 Å². The van der Waals surface area contributed by atoms with E-state index in [1.165, 1.54) is 12.3 Å². The number of carboxylic acid groups (broad SMARTS) is 1. The lowest BCUT2D eigenvalue weighted by atomic mass is 9.85. The van der Waals surface area contributed by atoms with Crippen LogP contribution < -0.4 is 11.1 Å². The molecule has 0 bridgehead atoms. The number of thioether (sulfide) groups is 1. The summed E-state index contributed by atoms with van der Waals surface area (Å²) in [5.41, 5.74) is 5.39. The number of nitrogens with one attached hydrogen (secondary N) is 1. The Balaban J connectivity index is 1.94. The molecule has 184 valence electrons. The molecule has 12 heteroatoms. The summed E-state index contributed by atoms with van der Waals surface area (Å²) in [5.74, 6) is -3.87. The van der Waals surface area contributed by atoms with E-state index in [1.807, 2.05) is 0 Å². The van der Waals surface area contributed by atoms with Gasteiger partial charge in [0.05, 0.1) is 4.87 Å². The van der Waals surface area contributed by atoms with Crippen molar-refractivity contribution in [3.8, 4) is 0 Å². The molecule has 1 fully saturated rings. The van der Waals surface area contributed by atoms with Gasteiger partial charge >= 0.3 is 12.1 Å². The Morgan fingerprint density at radius 1 is 1.26 bits per heavy atom. The number of β-lactam (4-membered cyclic amide) rings is 1. The van der Waals surface area contributed by atoms with Crippen molar-refractivity contribution < 1.29 is 33.2 Å². The van der Waals surface area contributed by atoms with Gasteiger partial charge < -0.3 is 20.9 Å². The fourth-order valence-corrected chi connectivity index (χ4v) is 5.61. The van der Waals surface area contributed by atoms with Crippen molar-refractivity contribution >= 4 is 46.3 Å². The van der Waals surface area contributed by atoms with Gasteiger partial charge in [-0.15, -0.1) is 11.8 Å². The number of fused-ring (bicyclic) bond motifs is 1. The Hall–Kier alpha value is -2.70. The number of nitrogens with zero attached hydrogens (tertiary/aromatic N) is 1. The number of aliphatic carboxylic acids is 1. The second-order valence-electron chi connectivity index (χ2n) is 9.22. The summed E-state index contributed by atoms with van der Waals surface area (Å²) < 4.78 is 17.0. The van der Waals surface area contributed by atoms with Crippen molar-refractivity contribution in [3.63, 3.8) is 0 Å². The van der Waals surface area contributed by atoms with Gasteiger partial charge in [-0.1, -0.05) is 12.1 Å². The molecule has 0 radical (unpaired) electrons. The average molecular weight is 510 g/mol. The zero-order valence-corrected chi connectivity index (χ0v) is 21.0. The summed E-state index contributed by atoms with van der Waals surface area (Å²) in [7, 11) is -1.25. The van der Waals surface area contributed by atoms with Crippen LogP contribution in [-0.2, 0) is 29.9 Å². The molecule has 34 heavy (non-hydrogen) atoms. The number of ketones is 1. The van der Waals surface area contributed by atoms with Crippen LogP contribution in [0.2, 0.25) is 0 Å². The van der Waals surface area contributed by atoms with Gasteiger partial charge in [-0.05, 0) is 51.5 Å². The Morgan fingerprint density at radius 2 is 1.85 bits per heavy atom. The van der Waals surface area contributed by atoms with Crippen LogP contribution in [0.3, 0.4) is 0 Å². The molecule has 4 unspecified atom stereocenters. The lowest BCUT2D eigenvalue weighted by Gasteiger charge is -2.51. The first-order valence-electron chi connectivity index (χ1n) is 10.3. The highest BCUT2D eigenvalue weighted by Crippen LogP contribution is 2.48. The van der Waals surface area contributed by atoms with Crippen molar-refractivity contribution in [1.82, 2.24) is 10.2 Å². The molecule has 2 aliphatic heterocycles. The number of ether oxygens (including phenoxy) is 1. The zero-order chi connectivity index (χ0) is 25.6. The summed E-state index contributed by atoms with van der Waals surface area (Å²) in [6.07, 6.45) is 1.93. The molecule has 5 atom stereocenters. The fraction of sp³-hybridized carbons (Fsp3) is 0.455. The normalized spacial score (nSPS) is 25.9. The summed E-state index contributed by atoms with van der Waals surface area (Å²) in [4.78, 5) is 51.1. The van der Waals surface area contributed by atoms with Gasteiger partial charge in [0.25, 0.3) is 0 Å². The van der Waals surface area contributed by atoms with Gasteiger partial charge in [0.15, 0.2) is 5.78 Å². The second kappa shape index (κ2) is 9.16. The first-order valence-corrected chi connectivity index (χ1v) is 12.8. The van der Waals surface area contributed by atoms with Crippen molar-refractivity contribution in [2.45, 2.75) is 54.5 Å². The highest BCUT2D eigenvalue weighted by atomic mass is 32.2. The van der Waals surface area contributed by atoms with E-state index in [9.17, 15) is 28.5 Å². The van der Waals surface area contributed by atoms with Crippen LogP contribution in [0, 0.1) is 5.92 Å². The van der Waals surface area contributed by atoms with Crippen LogP contribution in [0.5, 0.6) is 0 Å². The van der Waals surface area contributed by atoms with Crippen molar-refractivity contribution in [3.05, 3.63) is 41.6 Å². The summed E-state index contributed by atoms with van der Waals surface area (Å²) in [6, 6.07) is 4.96. The number of alkyl carbamates (subject to hydrolysis) is 1. The summed E-state index contributed by atoms with van der Waals surface area (Å²) in [5, 5.41) is 11.2. The number of hydrogen-bond donors (Lipinski definition) is 3. The van der Waals surface area contributed by atoms with E-state index in [1.54, 1.807) is 52.0 Å². The maximum atomic E-state index is 13.6. The van der Waals surface area contributed by atoms with Crippen molar-refractivity contribution in [1.29, 1.82) is 0 Å². The van der Waals surface area contributed by atoms with Crippen LogP contribution in [-0.4, -0.2) is 60.1 Å². The van der Waals surface area contributed by atoms with E-state index in [2.05, 4.69) is 5.32 Å². The van der Waals surface area contributed by atoms with Gasteiger partial charge in [-0.25, -0.2) is 9.59 Å². The van der Waals surface area contributed by atoms with E-state index in [0.29, 0.717) is 10.5 Å². The van der Waals surface area contributed by atoms with E-state index in [4.69, 9.17) is 10.5 Å². The second-order valence-corrected chi connectivity index (χ2v) is 12.2. The number of carboxylic acids is 1. The summed E-state index contributed by atoms with van der Waals surface area (Å²) >= 11 is 1.09. The monoisotopic (exact) mass is 509 g/mol. The van der Waals surface area contributed by atoms with Crippen LogP contribution in [0.15, 0.2) is 40.9 Å². The van der Waals surface area contributed by atoms with Crippen LogP contribution in [0.4, 0.5) is 4.79 Å². The maximum absolute atomic E-state index is 13.6. The molecule has 10 nitrogen and oxygen atoms in total. The highest BCUT2D eigenvalue weighted by Gasteiger charge is 2.59. The minimum Gasteiger partial charge on any atom is -0.477 e. The number of rotatable bonds is 6. The Morgan fingerprint density at radius 3 is 2.35 bits per heavy atom. The molecule has 2 heterocycles. The Kier molecular flexibility index (Phi) is 6.98. The van der Waals surface area contributed by atoms with Gasteiger partial charge in [-0.3, -0.25) is 18.7 Å². The fourth-order valence-electron chi connectivity index (χ4n) is 3.68. The molecule has 2 amide bonds. The predicted octanol–water partition coefficient (Wildman–Crippen LogP) is 1.73. The third kappa shape index (κ3) is 5.34. The first-order chi connectivity index (χ1) is 15.6. The lowest BCUT2D eigenvalue weighted by Crippen LogP contribution is -2.67. The number of amides is 2. The molecule has 1 aromatic carbocycles. The quantitative estimate of drug-likeness (QED) is 0.384. The number of nitrogens with two attached hydrogens (primary N) is 1. The third-order valence-electron chi connectivity index (χ3n) is 5.12.